The van der Waals surface area contributed by atoms with Gasteiger partial charge in [-0.2, -0.15) is 0 Å². The standard InChI is InChI=1S/2C10H20FP.Pd/c2*1-9(2)12(10(3)4)8-6-5-7-11;/h2*5-6,9-10H,7-8H2,1-4H3;. The first-order valence-electron chi connectivity index (χ1n) is 9.12. The van der Waals surface area contributed by atoms with Gasteiger partial charge in [0.25, 0.3) is 0 Å². The van der Waals surface area contributed by atoms with Crippen molar-refractivity contribution in [2.24, 2.45) is 0 Å². The third-order valence-corrected chi connectivity index (χ3v) is 10.4. The van der Waals surface area contributed by atoms with Crippen molar-refractivity contribution in [1.82, 2.24) is 0 Å². The van der Waals surface area contributed by atoms with E-state index in [1.54, 1.807) is 12.2 Å². The van der Waals surface area contributed by atoms with Crippen LogP contribution in [0.5, 0.6) is 0 Å². The summed E-state index contributed by atoms with van der Waals surface area (Å²) in [5.74, 6) is 0. The fourth-order valence-electron chi connectivity index (χ4n) is 2.55. The molecule has 0 atom stereocenters. The van der Waals surface area contributed by atoms with Gasteiger partial charge < -0.3 is 0 Å². The topological polar surface area (TPSA) is 0 Å². The van der Waals surface area contributed by atoms with E-state index in [9.17, 15) is 8.78 Å². The largest absolute Gasteiger partial charge is 0.247 e. The van der Waals surface area contributed by atoms with E-state index in [4.69, 9.17) is 0 Å². The summed E-state index contributed by atoms with van der Waals surface area (Å²) in [6.45, 7) is 17.4. The molecule has 0 saturated carbocycles. The van der Waals surface area contributed by atoms with E-state index in [1.165, 1.54) is 0 Å². The first kappa shape index (κ1) is 30.6. The Morgan fingerprint density at radius 2 is 0.800 bits per heavy atom. The third-order valence-electron chi connectivity index (χ3n) is 3.80. The molecule has 5 heteroatoms. The van der Waals surface area contributed by atoms with Gasteiger partial charge in [-0.25, -0.2) is 8.78 Å². The number of rotatable bonds is 10. The molecule has 0 saturated heterocycles. The maximum atomic E-state index is 11.8. The van der Waals surface area contributed by atoms with Crippen molar-refractivity contribution >= 4 is 15.8 Å². The molecule has 0 bridgehead atoms. The van der Waals surface area contributed by atoms with Crippen molar-refractivity contribution in [3.05, 3.63) is 24.3 Å². The summed E-state index contributed by atoms with van der Waals surface area (Å²) >= 11 is 0. The van der Waals surface area contributed by atoms with Gasteiger partial charge in [-0.05, 0) is 35.0 Å². The SMILES string of the molecule is CC(C)P(CC=CCF)C(C)C.CC(C)P(CC=CCF)C(C)C.[Pd]. The van der Waals surface area contributed by atoms with Gasteiger partial charge in [-0.15, -0.1) is 0 Å². The molecule has 0 nitrogen and oxygen atoms in total. The van der Waals surface area contributed by atoms with Crippen molar-refractivity contribution in [2.75, 3.05) is 25.7 Å². The number of halogens is 2. The smallest absolute Gasteiger partial charge is 0.108 e. The minimum absolute atomic E-state index is 0. The summed E-state index contributed by atoms with van der Waals surface area (Å²) in [6, 6.07) is 0. The van der Waals surface area contributed by atoms with Crippen LogP contribution in [0.4, 0.5) is 8.78 Å². The molecule has 0 aliphatic rings. The van der Waals surface area contributed by atoms with Crippen LogP contribution in [0.25, 0.3) is 0 Å². The van der Waals surface area contributed by atoms with Crippen LogP contribution in [0, 0.1) is 0 Å². The molecule has 25 heavy (non-hydrogen) atoms. The Morgan fingerprint density at radius 1 is 0.560 bits per heavy atom. The molecule has 0 amide bonds. The van der Waals surface area contributed by atoms with Crippen LogP contribution < -0.4 is 0 Å². The summed E-state index contributed by atoms with van der Waals surface area (Å²) in [5, 5.41) is 0. The first-order chi connectivity index (χ1) is 11.2. The van der Waals surface area contributed by atoms with E-state index in [1.807, 2.05) is 12.2 Å². The normalized spacial score (nSPS) is 12.2. The Bertz CT molecular complexity index is 282. The summed E-state index contributed by atoms with van der Waals surface area (Å²) in [4.78, 5) is 0. The van der Waals surface area contributed by atoms with Gasteiger partial charge in [-0.3, -0.25) is 0 Å². The second-order valence-electron chi connectivity index (χ2n) is 7.02. The van der Waals surface area contributed by atoms with Crippen molar-refractivity contribution in [2.45, 2.75) is 78.0 Å². The molecular formula is C20H40F2P2Pd. The summed E-state index contributed by atoms with van der Waals surface area (Å²) in [6.07, 6.45) is 9.39. The van der Waals surface area contributed by atoms with Crippen molar-refractivity contribution in [1.29, 1.82) is 0 Å². The number of hydrogen-bond donors (Lipinski definition) is 0. The molecule has 0 heterocycles. The van der Waals surface area contributed by atoms with Gasteiger partial charge in [0, 0.05) is 20.4 Å². The van der Waals surface area contributed by atoms with Crippen LogP contribution >= 0.6 is 15.8 Å². The van der Waals surface area contributed by atoms with Crippen molar-refractivity contribution in [3.63, 3.8) is 0 Å². The molecule has 154 valence electrons. The van der Waals surface area contributed by atoms with Crippen LogP contribution in [-0.2, 0) is 20.4 Å². The minimum atomic E-state index is -0.320. The fourth-order valence-corrected chi connectivity index (χ4v) is 7.41. The predicted octanol–water partition coefficient (Wildman–Crippen LogP) is 7.62. The van der Waals surface area contributed by atoms with Gasteiger partial charge >= 0.3 is 0 Å². The Kier molecular flexibility index (Phi) is 24.0. The zero-order valence-electron chi connectivity index (χ0n) is 17.4. The number of hydrogen-bond acceptors (Lipinski definition) is 0. The van der Waals surface area contributed by atoms with E-state index in [0.29, 0.717) is 0 Å². The Labute approximate surface area is 172 Å². The van der Waals surface area contributed by atoms with Crippen LogP contribution in [0.15, 0.2) is 24.3 Å². The summed E-state index contributed by atoms with van der Waals surface area (Å²) in [7, 11) is 0.113. The van der Waals surface area contributed by atoms with E-state index in [0.717, 1.165) is 35.0 Å². The molecule has 0 aliphatic heterocycles. The molecule has 0 N–H and O–H groups in total. The average molecular weight is 487 g/mol. The maximum absolute atomic E-state index is 11.8. The fraction of sp³-hybridized carbons (Fsp3) is 0.800. The summed E-state index contributed by atoms with van der Waals surface area (Å²) < 4.78 is 23.5. The van der Waals surface area contributed by atoms with Gasteiger partial charge in [0.2, 0.25) is 0 Å². The zero-order chi connectivity index (χ0) is 19.1. The minimum Gasteiger partial charge on any atom is -0.247 e. The zero-order valence-corrected chi connectivity index (χ0v) is 20.8. The Balaban J connectivity index is -0.000000372. The van der Waals surface area contributed by atoms with E-state index in [-0.39, 0.29) is 49.6 Å². The quantitative estimate of drug-likeness (QED) is 0.169. The summed E-state index contributed by atoms with van der Waals surface area (Å²) in [5.41, 5.74) is 3.02. The molecule has 0 fully saturated rings. The van der Waals surface area contributed by atoms with Gasteiger partial charge in [0.15, 0.2) is 0 Å². The molecule has 0 rings (SSSR count). The number of allylic oxidation sites excluding steroid dienone is 4. The Morgan fingerprint density at radius 3 is 0.960 bits per heavy atom. The van der Waals surface area contributed by atoms with Crippen LogP contribution in [0.2, 0.25) is 0 Å². The van der Waals surface area contributed by atoms with E-state index in [2.05, 4.69) is 55.4 Å². The Hall–Kier alpha value is 0.862. The molecule has 0 aliphatic carbocycles. The second kappa shape index (κ2) is 19.6. The van der Waals surface area contributed by atoms with Crippen molar-refractivity contribution < 1.29 is 29.2 Å². The van der Waals surface area contributed by atoms with Crippen LogP contribution in [0.1, 0.15) is 55.4 Å². The predicted molar refractivity (Wildman–Crippen MR) is 114 cm³/mol. The monoisotopic (exact) mass is 486 g/mol. The molecular weight excluding hydrogens is 447 g/mol. The second-order valence-corrected chi connectivity index (χ2v) is 13.9. The van der Waals surface area contributed by atoms with E-state index < -0.39 is 0 Å². The molecule has 0 spiro atoms. The molecule has 0 aromatic heterocycles. The van der Waals surface area contributed by atoms with Crippen molar-refractivity contribution in [3.8, 4) is 0 Å². The first-order valence-corrected chi connectivity index (χ1v) is 12.4. The van der Waals surface area contributed by atoms with Crippen LogP contribution in [-0.4, -0.2) is 48.3 Å². The molecule has 0 radical (unpaired) electrons. The van der Waals surface area contributed by atoms with Gasteiger partial charge in [0.1, 0.15) is 13.3 Å². The molecule has 0 aromatic carbocycles. The molecule has 0 aromatic rings. The maximum Gasteiger partial charge on any atom is 0.108 e. The average Bonchev–Trinajstić information content (AvgIpc) is 2.47. The third kappa shape index (κ3) is 18.0. The molecule has 0 unspecified atom stereocenters. The van der Waals surface area contributed by atoms with Gasteiger partial charge in [0.05, 0.1) is 0 Å². The van der Waals surface area contributed by atoms with Gasteiger partial charge in [-0.1, -0.05) is 95.5 Å². The van der Waals surface area contributed by atoms with Crippen LogP contribution in [0.3, 0.4) is 0 Å². The number of alkyl halides is 2. The van der Waals surface area contributed by atoms with E-state index >= 15 is 0 Å².